The van der Waals surface area contributed by atoms with E-state index in [0.29, 0.717) is 18.5 Å². The lowest BCUT2D eigenvalue weighted by Gasteiger charge is -2.33. The van der Waals surface area contributed by atoms with Gasteiger partial charge in [0.1, 0.15) is 0 Å². The Labute approximate surface area is 158 Å². The van der Waals surface area contributed by atoms with Gasteiger partial charge in [0.15, 0.2) is 5.65 Å². The molecule has 3 aromatic heterocycles. The Kier molecular flexibility index (Phi) is 4.28. The first-order valence-electron chi connectivity index (χ1n) is 10.0. The van der Waals surface area contributed by atoms with Crippen LogP contribution in [0.4, 0.5) is 0 Å². The predicted octanol–water partition coefficient (Wildman–Crippen LogP) is 2.96. The summed E-state index contributed by atoms with van der Waals surface area (Å²) in [6, 6.07) is 4.69. The summed E-state index contributed by atoms with van der Waals surface area (Å²) >= 11 is 0. The first kappa shape index (κ1) is 16.7. The molecule has 1 saturated carbocycles. The number of nitrogens with zero attached hydrogens (tertiary/aromatic N) is 3. The summed E-state index contributed by atoms with van der Waals surface area (Å²) in [5.74, 6) is 0.696. The van der Waals surface area contributed by atoms with Crippen molar-refractivity contribution in [3.63, 3.8) is 0 Å². The summed E-state index contributed by atoms with van der Waals surface area (Å²) in [5, 5.41) is 5.53. The highest BCUT2D eigenvalue weighted by Gasteiger charge is 2.25. The summed E-state index contributed by atoms with van der Waals surface area (Å²) in [5.41, 5.74) is 3.26. The number of hydrogen-bond acceptors (Lipinski definition) is 4. The number of likely N-dealkylation sites (tertiary alicyclic amines) is 1. The van der Waals surface area contributed by atoms with Crippen LogP contribution in [-0.4, -0.2) is 51.4 Å². The van der Waals surface area contributed by atoms with Gasteiger partial charge in [-0.1, -0.05) is 0 Å². The van der Waals surface area contributed by atoms with Gasteiger partial charge in [-0.25, -0.2) is 9.97 Å². The Morgan fingerprint density at radius 3 is 2.81 bits per heavy atom. The van der Waals surface area contributed by atoms with Crippen molar-refractivity contribution in [1.29, 1.82) is 0 Å². The maximum Gasteiger partial charge on any atom is 0.234 e. The van der Waals surface area contributed by atoms with E-state index in [0.717, 1.165) is 55.3 Å². The third-order valence-electron chi connectivity index (χ3n) is 6.19. The van der Waals surface area contributed by atoms with E-state index < -0.39 is 0 Å². The lowest BCUT2D eigenvalue weighted by molar-refractivity contribution is -0.123. The quantitative estimate of drug-likeness (QED) is 0.747. The highest BCUT2D eigenvalue weighted by atomic mass is 16.2. The fraction of sp³-hybridized carbons (Fsp3) is 0.476. The maximum atomic E-state index is 12.2. The molecule has 27 heavy (non-hydrogen) atoms. The molecular formula is C21H25N5O. The average Bonchev–Trinajstić information content (AvgIpc) is 3.14. The molecule has 3 aromatic rings. The van der Waals surface area contributed by atoms with Crippen LogP contribution in [0.3, 0.4) is 0 Å². The summed E-state index contributed by atoms with van der Waals surface area (Å²) in [6.45, 7) is 2.47. The molecular weight excluding hydrogens is 338 g/mol. The third-order valence-corrected chi connectivity index (χ3v) is 6.19. The van der Waals surface area contributed by atoms with Crippen LogP contribution in [0.15, 0.2) is 30.7 Å². The van der Waals surface area contributed by atoms with Crippen molar-refractivity contribution in [2.24, 2.45) is 0 Å². The van der Waals surface area contributed by atoms with Crippen LogP contribution in [0.5, 0.6) is 0 Å². The van der Waals surface area contributed by atoms with Crippen molar-refractivity contribution >= 4 is 27.8 Å². The first-order valence-corrected chi connectivity index (χ1v) is 10.0. The SMILES string of the molecule is O=C(CN1CCC(c2cc[nH]c3cnc4nccc4c23)CC1)NC1CCC1. The number of carbonyl (C=O) groups excluding carboxylic acids is 1. The van der Waals surface area contributed by atoms with Crippen LogP contribution in [0.2, 0.25) is 0 Å². The van der Waals surface area contributed by atoms with Gasteiger partial charge in [0, 0.05) is 29.2 Å². The van der Waals surface area contributed by atoms with Crippen LogP contribution >= 0.6 is 0 Å². The van der Waals surface area contributed by atoms with E-state index in [2.05, 4.69) is 37.3 Å². The number of aromatic amines is 1. The number of carbonyl (C=O) groups is 1. The van der Waals surface area contributed by atoms with E-state index >= 15 is 0 Å². The van der Waals surface area contributed by atoms with E-state index in [1.807, 2.05) is 18.6 Å². The fourth-order valence-electron chi connectivity index (χ4n) is 4.46. The maximum absolute atomic E-state index is 12.2. The molecule has 1 saturated heterocycles. The molecule has 4 heterocycles. The summed E-state index contributed by atoms with van der Waals surface area (Å²) in [7, 11) is 0. The van der Waals surface area contributed by atoms with Crippen molar-refractivity contribution in [2.75, 3.05) is 19.6 Å². The molecule has 0 spiro atoms. The van der Waals surface area contributed by atoms with Crippen LogP contribution in [0.25, 0.3) is 21.9 Å². The molecule has 2 N–H and O–H groups in total. The van der Waals surface area contributed by atoms with Crippen molar-refractivity contribution in [3.05, 3.63) is 36.3 Å². The minimum absolute atomic E-state index is 0.188. The molecule has 1 aliphatic carbocycles. The van der Waals surface area contributed by atoms with Gasteiger partial charge >= 0.3 is 0 Å². The van der Waals surface area contributed by atoms with Crippen LogP contribution < -0.4 is 5.32 Å². The fourth-order valence-corrected chi connectivity index (χ4v) is 4.46. The Morgan fingerprint density at radius 1 is 1.19 bits per heavy atom. The standard InChI is InChI=1S/C21H25N5O/c27-19(25-15-2-1-3-15)13-26-10-6-14(7-11-26)16-4-8-22-18-12-24-21-17(20(16)18)5-9-23-21/h4-5,8-9,12,14-15,22H,1-3,6-7,10-11,13H2,(H,25,27). The van der Waals surface area contributed by atoms with E-state index in [1.54, 1.807) is 0 Å². The zero-order valence-electron chi connectivity index (χ0n) is 15.4. The number of fused-ring (bicyclic) bond motifs is 3. The molecule has 0 aromatic carbocycles. The average molecular weight is 363 g/mol. The molecule has 0 unspecified atom stereocenters. The zero-order chi connectivity index (χ0) is 18.2. The summed E-state index contributed by atoms with van der Waals surface area (Å²) in [4.78, 5) is 26.6. The zero-order valence-corrected chi connectivity index (χ0v) is 15.4. The van der Waals surface area contributed by atoms with Crippen LogP contribution in [0.1, 0.15) is 43.6 Å². The number of H-pyrrole nitrogens is 1. The Balaban J connectivity index is 1.31. The van der Waals surface area contributed by atoms with Gasteiger partial charge in [-0.05, 0) is 68.8 Å². The molecule has 140 valence electrons. The van der Waals surface area contributed by atoms with Crippen molar-refractivity contribution in [1.82, 2.24) is 25.2 Å². The van der Waals surface area contributed by atoms with Crippen LogP contribution in [0, 0.1) is 0 Å². The molecule has 2 aliphatic rings. The molecule has 6 heteroatoms. The molecule has 1 aliphatic heterocycles. The molecule has 1 amide bonds. The van der Waals surface area contributed by atoms with E-state index in [1.165, 1.54) is 17.4 Å². The second kappa shape index (κ2) is 6.93. The molecule has 0 bridgehead atoms. The van der Waals surface area contributed by atoms with Gasteiger partial charge in [-0.15, -0.1) is 0 Å². The Bertz CT molecular complexity index is 969. The monoisotopic (exact) mass is 363 g/mol. The van der Waals surface area contributed by atoms with E-state index in [-0.39, 0.29) is 5.91 Å². The van der Waals surface area contributed by atoms with Crippen LogP contribution in [-0.2, 0) is 4.79 Å². The largest absolute Gasteiger partial charge is 0.360 e. The van der Waals surface area contributed by atoms with E-state index in [4.69, 9.17) is 0 Å². The molecule has 2 fully saturated rings. The van der Waals surface area contributed by atoms with Gasteiger partial charge in [0.25, 0.3) is 0 Å². The van der Waals surface area contributed by atoms with Gasteiger partial charge in [0.2, 0.25) is 5.91 Å². The third kappa shape index (κ3) is 3.18. The number of pyridine rings is 2. The second-order valence-electron chi connectivity index (χ2n) is 7.91. The minimum atomic E-state index is 0.188. The van der Waals surface area contributed by atoms with Gasteiger partial charge in [-0.3, -0.25) is 9.69 Å². The number of amides is 1. The molecule has 6 nitrogen and oxygen atoms in total. The molecule has 0 radical (unpaired) electrons. The van der Waals surface area contributed by atoms with Crippen molar-refractivity contribution in [3.8, 4) is 0 Å². The number of rotatable bonds is 4. The highest BCUT2D eigenvalue weighted by molar-refractivity contribution is 6.05. The molecule has 5 rings (SSSR count). The minimum Gasteiger partial charge on any atom is -0.360 e. The van der Waals surface area contributed by atoms with Gasteiger partial charge in [-0.2, -0.15) is 0 Å². The predicted molar refractivity (Wildman–Crippen MR) is 106 cm³/mol. The lowest BCUT2D eigenvalue weighted by atomic mass is 9.87. The first-order chi connectivity index (χ1) is 13.3. The Hall–Kier alpha value is -2.47. The molecule has 0 atom stereocenters. The topological polar surface area (TPSA) is 73.9 Å². The summed E-state index contributed by atoms with van der Waals surface area (Å²) < 4.78 is 0. The van der Waals surface area contributed by atoms with Crippen molar-refractivity contribution in [2.45, 2.75) is 44.1 Å². The number of nitrogens with one attached hydrogen (secondary N) is 2. The normalized spacial score (nSPS) is 19.4. The summed E-state index contributed by atoms with van der Waals surface area (Å²) in [6.07, 6.45) is 11.4. The van der Waals surface area contributed by atoms with E-state index in [9.17, 15) is 4.79 Å². The highest BCUT2D eigenvalue weighted by Crippen LogP contribution is 2.35. The number of hydrogen-bond donors (Lipinski definition) is 2. The number of aromatic nitrogens is 3. The van der Waals surface area contributed by atoms with Gasteiger partial charge in [0.05, 0.1) is 18.3 Å². The number of piperidine rings is 1. The van der Waals surface area contributed by atoms with Gasteiger partial charge < -0.3 is 10.3 Å². The van der Waals surface area contributed by atoms with Crippen molar-refractivity contribution < 1.29 is 4.79 Å². The smallest absolute Gasteiger partial charge is 0.234 e. The Morgan fingerprint density at radius 2 is 2.04 bits per heavy atom. The lowest BCUT2D eigenvalue weighted by Crippen LogP contribution is -2.46. The second-order valence-corrected chi connectivity index (χ2v) is 7.91.